The van der Waals surface area contributed by atoms with E-state index in [9.17, 15) is 18.0 Å². The van der Waals surface area contributed by atoms with E-state index in [1.807, 2.05) is 6.92 Å². The summed E-state index contributed by atoms with van der Waals surface area (Å²) in [6.45, 7) is 3.36. The van der Waals surface area contributed by atoms with Crippen LogP contribution < -0.4 is 0 Å². The van der Waals surface area contributed by atoms with Crippen LogP contribution in [-0.4, -0.2) is 44.0 Å². The van der Waals surface area contributed by atoms with E-state index in [0.29, 0.717) is 4.31 Å². The van der Waals surface area contributed by atoms with E-state index < -0.39 is 34.2 Å². The first-order valence-electron chi connectivity index (χ1n) is 6.66. The standard InChI is InChI=1S/C14H17NO6S/c1-9-4-6-11(7-5-9)22(18,19)15-12(8-13(16)20-3)10(2)21-14(15)17/h4-7,10,12H,8H2,1-3H3/t10-,12-/m1/s1. The second kappa shape index (κ2) is 5.96. The topological polar surface area (TPSA) is 90.0 Å². The Bertz CT molecular complexity index is 682. The first-order chi connectivity index (χ1) is 10.3. The first-order valence-corrected chi connectivity index (χ1v) is 8.10. The summed E-state index contributed by atoms with van der Waals surface area (Å²) in [7, 11) is -2.89. The number of carbonyl (C=O) groups is 2. The van der Waals surface area contributed by atoms with Crippen molar-refractivity contribution in [3.63, 3.8) is 0 Å². The van der Waals surface area contributed by atoms with Crippen LogP contribution in [0, 0.1) is 6.92 Å². The average molecular weight is 327 g/mol. The van der Waals surface area contributed by atoms with Crippen molar-refractivity contribution in [2.75, 3.05) is 7.11 Å². The minimum Gasteiger partial charge on any atom is -0.469 e. The number of hydrogen-bond donors (Lipinski definition) is 0. The number of benzene rings is 1. The molecule has 1 aliphatic heterocycles. The summed E-state index contributed by atoms with van der Waals surface area (Å²) >= 11 is 0. The molecule has 0 spiro atoms. The summed E-state index contributed by atoms with van der Waals surface area (Å²) in [4.78, 5) is 23.4. The van der Waals surface area contributed by atoms with E-state index in [2.05, 4.69) is 4.74 Å². The van der Waals surface area contributed by atoms with Crippen molar-refractivity contribution < 1.29 is 27.5 Å². The molecule has 0 aliphatic carbocycles. The number of nitrogens with zero attached hydrogens (tertiary/aromatic N) is 1. The number of hydrogen-bond acceptors (Lipinski definition) is 6. The molecular weight excluding hydrogens is 310 g/mol. The maximum Gasteiger partial charge on any atom is 0.424 e. The zero-order valence-electron chi connectivity index (χ0n) is 12.5. The number of cyclic esters (lactones) is 1. The lowest BCUT2D eigenvalue weighted by Crippen LogP contribution is -2.42. The van der Waals surface area contributed by atoms with E-state index >= 15 is 0 Å². The quantitative estimate of drug-likeness (QED) is 0.778. The van der Waals surface area contributed by atoms with Gasteiger partial charge in [-0.1, -0.05) is 17.7 Å². The number of aryl methyl sites for hydroxylation is 1. The Balaban J connectivity index is 2.39. The van der Waals surface area contributed by atoms with E-state index in [1.165, 1.54) is 26.2 Å². The molecule has 2 atom stereocenters. The largest absolute Gasteiger partial charge is 0.469 e. The molecule has 120 valence electrons. The van der Waals surface area contributed by atoms with Gasteiger partial charge in [0.05, 0.1) is 24.5 Å². The summed E-state index contributed by atoms with van der Waals surface area (Å²) in [5.74, 6) is -0.612. The smallest absolute Gasteiger partial charge is 0.424 e. The molecule has 2 rings (SSSR count). The third-order valence-electron chi connectivity index (χ3n) is 3.49. The van der Waals surface area contributed by atoms with E-state index in [1.54, 1.807) is 12.1 Å². The highest BCUT2D eigenvalue weighted by Crippen LogP contribution is 2.29. The molecule has 0 aromatic heterocycles. The Morgan fingerprint density at radius 2 is 1.91 bits per heavy atom. The van der Waals surface area contributed by atoms with Gasteiger partial charge >= 0.3 is 12.1 Å². The predicted molar refractivity (Wildman–Crippen MR) is 76.6 cm³/mol. The summed E-state index contributed by atoms with van der Waals surface area (Å²) < 4.78 is 35.4. The molecule has 0 bridgehead atoms. The number of sulfonamides is 1. The fourth-order valence-electron chi connectivity index (χ4n) is 2.22. The van der Waals surface area contributed by atoms with Gasteiger partial charge in [-0.25, -0.2) is 13.2 Å². The van der Waals surface area contributed by atoms with Crippen molar-refractivity contribution in [2.45, 2.75) is 37.3 Å². The fraction of sp³-hybridized carbons (Fsp3) is 0.429. The Kier molecular flexibility index (Phi) is 4.41. The first kappa shape index (κ1) is 16.3. The predicted octanol–water partition coefficient (Wildman–Crippen LogP) is 1.46. The van der Waals surface area contributed by atoms with Crippen LogP contribution in [0.15, 0.2) is 29.2 Å². The van der Waals surface area contributed by atoms with Crippen LogP contribution in [0.5, 0.6) is 0 Å². The van der Waals surface area contributed by atoms with Gasteiger partial charge < -0.3 is 9.47 Å². The second-order valence-electron chi connectivity index (χ2n) is 5.05. The minimum absolute atomic E-state index is 0.0287. The molecule has 0 saturated carbocycles. The van der Waals surface area contributed by atoms with Gasteiger partial charge in [-0.05, 0) is 26.0 Å². The van der Waals surface area contributed by atoms with Crippen LogP contribution in [0.3, 0.4) is 0 Å². The van der Waals surface area contributed by atoms with E-state index in [0.717, 1.165) is 5.56 Å². The molecule has 1 aromatic rings. The molecule has 0 N–H and O–H groups in total. The minimum atomic E-state index is -4.09. The van der Waals surface area contributed by atoms with Crippen LogP contribution in [0.1, 0.15) is 18.9 Å². The van der Waals surface area contributed by atoms with Crippen molar-refractivity contribution in [3.05, 3.63) is 29.8 Å². The lowest BCUT2D eigenvalue weighted by atomic mass is 10.1. The molecule has 8 heteroatoms. The van der Waals surface area contributed by atoms with Gasteiger partial charge in [-0.2, -0.15) is 4.31 Å². The summed E-state index contributed by atoms with van der Waals surface area (Å²) in [6.07, 6.45) is -1.97. The number of amides is 1. The van der Waals surface area contributed by atoms with Crippen molar-refractivity contribution in [3.8, 4) is 0 Å². The number of methoxy groups -OCH3 is 1. The fourth-order valence-corrected chi connectivity index (χ4v) is 3.77. The molecule has 1 fully saturated rings. The van der Waals surface area contributed by atoms with Crippen LogP contribution in [0.25, 0.3) is 0 Å². The Morgan fingerprint density at radius 3 is 2.45 bits per heavy atom. The van der Waals surface area contributed by atoms with Gasteiger partial charge in [-0.15, -0.1) is 0 Å². The normalized spacial score (nSPS) is 21.6. The molecule has 7 nitrogen and oxygen atoms in total. The third kappa shape index (κ3) is 2.92. The van der Waals surface area contributed by atoms with Crippen LogP contribution in [-0.2, 0) is 24.3 Å². The Morgan fingerprint density at radius 1 is 1.32 bits per heavy atom. The SMILES string of the molecule is COC(=O)C[C@@H]1[C@@H](C)OC(=O)N1S(=O)(=O)c1ccc(C)cc1. The van der Waals surface area contributed by atoms with Crippen molar-refractivity contribution in [1.29, 1.82) is 0 Å². The highest BCUT2D eigenvalue weighted by molar-refractivity contribution is 7.89. The van der Waals surface area contributed by atoms with Gasteiger partial charge in [0.15, 0.2) is 0 Å². The Hall–Kier alpha value is -2.09. The molecular formula is C14H17NO6S. The molecule has 1 saturated heterocycles. The average Bonchev–Trinajstić information content (AvgIpc) is 2.74. The molecule has 1 aliphatic rings. The summed E-state index contributed by atoms with van der Waals surface area (Å²) in [5, 5.41) is 0. The van der Waals surface area contributed by atoms with Crippen LogP contribution in [0.2, 0.25) is 0 Å². The summed E-state index contributed by atoms with van der Waals surface area (Å²) in [5.41, 5.74) is 0.891. The maximum absolute atomic E-state index is 12.7. The van der Waals surface area contributed by atoms with Crippen molar-refractivity contribution >= 4 is 22.1 Å². The van der Waals surface area contributed by atoms with Gasteiger partial charge in [0.25, 0.3) is 10.0 Å². The molecule has 1 amide bonds. The zero-order valence-corrected chi connectivity index (χ0v) is 13.3. The lowest BCUT2D eigenvalue weighted by molar-refractivity contribution is -0.141. The van der Waals surface area contributed by atoms with Gasteiger partial charge in [0, 0.05) is 0 Å². The van der Waals surface area contributed by atoms with E-state index in [4.69, 9.17) is 4.74 Å². The highest BCUT2D eigenvalue weighted by Gasteiger charge is 2.47. The molecule has 22 heavy (non-hydrogen) atoms. The van der Waals surface area contributed by atoms with Crippen LogP contribution >= 0.6 is 0 Å². The maximum atomic E-state index is 12.7. The zero-order chi connectivity index (χ0) is 16.5. The monoisotopic (exact) mass is 327 g/mol. The van der Waals surface area contributed by atoms with Gasteiger partial charge in [-0.3, -0.25) is 4.79 Å². The summed E-state index contributed by atoms with van der Waals surface area (Å²) in [6, 6.07) is 5.16. The van der Waals surface area contributed by atoms with Crippen molar-refractivity contribution in [1.82, 2.24) is 4.31 Å². The molecule has 0 radical (unpaired) electrons. The third-order valence-corrected chi connectivity index (χ3v) is 5.30. The van der Waals surface area contributed by atoms with Gasteiger partial charge in [0.1, 0.15) is 6.10 Å². The van der Waals surface area contributed by atoms with Gasteiger partial charge in [0.2, 0.25) is 0 Å². The highest BCUT2D eigenvalue weighted by atomic mass is 32.2. The van der Waals surface area contributed by atoms with E-state index in [-0.39, 0.29) is 11.3 Å². The van der Waals surface area contributed by atoms with Crippen molar-refractivity contribution in [2.24, 2.45) is 0 Å². The molecule has 1 heterocycles. The molecule has 0 unspecified atom stereocenters. The van der Waals surface area contributed by atoms with Crippen LogP contribution in [0.4, 0.5) is 4.79 Å². The number of esters is 1. The second-order valence-corrected chi connectivity index (χ2v) is 6.87. The number of rotatable bonds is 4. The number of carbonyl (C=O) groups excluding carboxylic acids is 2. The Labute approximate surface area is 128 Å². The molecule has 1 aromatic carbocycles. The number of ether oxygens (including phenoxy) is 2. The lowest BCUT2D eigenvalue weighted by Gasteiger charge is -2.22.